The first kappa shape index (κ1) is 20.4. The zero-order valence-corrected chi connectivity index (χ0v) is 21.0. The fourth-order valence-corrected chi connectivity index (χ4v) is 26.5. The summed E-state index contributed by atoms with van der Waals surface area (Å²) in [6, 6.07) is 14.0. The van der Waals surface area contributed by atoms with Crippen LogP contribution in [0.3, 0.4) is 0 Å². The van der Waals surface area contributed by atoms with Crippen molar-refractivity contribution in [2.45, 2.75) is 20.3 Å². The molecule has 0 aliphatic heterocycles. The summed E-state index contributed by atoms with van der Waals surface area (Å²) in [5.74, 6) is -0.688. The van der Waals surface area contributed by atoms with Crippen molar-refractivity contribution in [2.24, 2.45) is 0 Å². The summed E-state index contributed by atoms with van der Waals surface area (Å²) in [5, 5.41) is 0. The van der Waals surface area contributed by atoms with Gasteiger partial charge in [-0.25, -0.2) is 0 Å². The molecule has 0 heterocycles. The molecule has 0 nitrogen and oxygen atoms in total. The minimum atomic E-state index is -1.74. The number of hydrogen-bond donors (Lipinski definition) is 0. The van der Waals surface area contributed by atoms with Gasteiger partial charge in [-0.15, -0.1) is 0 Å². The van der Waals surface area contributed by atoms with Crippen LogP contribution >= 0.6 is 0 Å². The van der Waals surface area contributed by atoms with E-state index in [1.165, 1.54) is 22.3 Å². The molecule has 4 aliphatic rings. The largest absolute Gasteiger partial charge is 1.00 e. The van der Waals surface area contributed by atoms with E-state index in [4.69, 9.17) is 0 Å². The fraction of sp³-hybridized carbons (Fsp3) is 0.167. The molecule has 0 N–H and O–H groups in total. The van der Waals surface area contributed by atoms with Gasteiger partial charge in [0.15, 0.2) is 0 Å². The number of allylic oxidation sites excluding steroid dienone is 6. The van der Waals surface area contributed by atoms with Gasteiger partial charge in [0.1, 0.15) is 0 Å². The van der Waals surface area contributed by atoms with E-state index in [1.54, 1.807) is 22.3 Å². The molecule has 6 rings (SSSR count). The standard InChI is InChI=1S/2C11H7.C2H7Si.2ClH.Zr/c2*1-2-8-4-6-10-7-5-9(3-1)11(8)10;1-3-2;;;/h2*1-7H;3H,1-2H3;2*1H;/q;;;;;+2/p-2. The summed E-state index contributed by atoms with van der Waals surface area (Å²) >= 11 is -1.74. The van der Waals surface area contributed by atoms with Gasteiger partial charge < -0.3 is 24.8 Å². The molecule has 0 spiro atoms. The van der Waals surface area contributed by atoms with Gasteiger partial charge in [-0.3, -0.25) is 0 Å². The Labute approximate surface area is 188 Å². The monoisotopic (exact) mass is 497 g/mol. The molecule has 2 aromatic rings. The quantitative estimate of drug-likeness (QED) is 0.519. The van der Waals surface area contributed by atoms with E-state index in [0.29, 0.717) is 0 Å². The first-order chi connectivity index (χ1) is 12.7. The van der Waals surface area contributed by atoms with E-state index in [2.05, 4.69) is 85.9 Å². The molecule has 0 saturated carbocycles. The average molecular weight is 500 g/mol. The van der Waals surface area contributed by atoms with Crippen LogP contribution in [0.15, 0.2) is 60.7 Å². The van der Waals surface area contributed by atoms with Crippen LogP contribution in [0.2, 0.25) is 13.1 Å². The van der Waals surface area contributed by atoms with E-state index in [0.717, 1.165) is 7.25 Å². The zero-order chi connectivity index (χ0) is 17.4. The summed E-state index contributed by atoms with van der Waals surface area (Å²) in [6.45, 7) is 5.26. The summed E-state index contributed by atoms with van der Waals surface area (Å²) in [5.41, 5.74) is 12.3. The first-order valence-electron chi connectivity index (χ1n) is 9.65. The van der Waals surface area contributed by atoms with Gasteiger partial charge in [0.05, 0.1) is 0 Å². The Morgan fingerprint density at radius 2 is 1.14 bits per heavy atom. The number of hydrogen-bond acceptors (Lipinski definition) is 0. The molecule has 28 heavy (non-hydrogen) atoms. The van der Waals surface area contributed by atoms with Crippen molar-refractivity contribution in [3.05, 3.63) is 94.1 Å². The molecule has 2 unspecified atom stereocenters. The maximum atomic E-state index is 2.66. The second-order valence-corrected chi connectivity index (χ2v) is 28.4. The Morgan fingerprint density at radius 1 is 0.679 bits per heavy atom. The van der Waals surface area contributed by atoms with Gasteiger partial charge in [-0.1, -0.05) is 0 Å². The minimum absolute atomic E-state index is 0. The Bertz CT molecular complexity index is 1010. The first-order valence-corrected chi connectivity index (χ1v) is 19.6. The van der Waals surface area contributed by atoms with Gasteiger partial charge in [-0.2, -0.15) is 0 Å². The van der Waals surface area contributed by atoms with Crippen LogP contribution in [-0.2, 0) is 20.9 Å². The topological polar surface area (TPSA) is 0 Å². The van der Waals surface area contributed by atoms with Crippen LogP contribution in [0.25, 0.3) is 23.3 Å². The second kappa shape index (κ2) is 7.40. The van der Waals surface area contributed by atoms with Crippen LogP contribution < -0.4 is 24.8 Å². The zero-order valence-electron chi connectivity index (χ0n) is 15.9. The normalized spacial score (nSPS) is 21.1. The van der Waals surface area contributed by atoms with Crippen molar-refractivity contribution in [2.75, 3.05) is 0 Å². The van der Waals surface area contributed by atoms with Crippen molar-refractivity contribution in [1.29, 1.82) is 0 Å². The molecular weight excluding hydrogens is 478 g/mol. The summed E-state index contributed by atoms with van der Waals surface area (Å²) in [6.07, 6.45) is 14.6. The summed E-state index contributed by atoms with van der Waals surface area (Å²) in [4.78, 5) is 0. The van der Waals surface area contributed by atoms with Crippen LogP contribution in [0.1, 0.15) is 40.6 Å². The van der Waals surface area contributed by atoms with Crippen molar-refractivity contribution < 1.29 is 45.7 Å². The number of benzene rings is 2. The Balaban J connectivity index is 0.000000961. The Kier molecular flexibility index (Phi) is 5.38. The van der Waals surface area contributed by atoms with Crippen molar-refractivity contribution >= 4 is 29.2 Å². The Morgan fingerprint density at radius 3 is 1.57 bits per heavy atom. The van der Waals surface area contributed by atoms with E-state index in [-0.39, 0.29) is 24.8 Å². The van der Waals surface area contributed by atoms with Gasteiger partial charge >= 0.3 is 165 Å². The summed E-state index contributed by atoms with van der Waals surface area (Å²) < 4.78 is 1.53. The number of halogens is 2. The van der Waals surface area contributed by atoms with Crippen LogP contribution in [0, 0.1) is 0 Å². The molecule has 2 aromatic carbocycles. The maximum absolute atomic E-state index is 2.66. The third-order valence-electron chi connectivity index (χ3n) is 6.47. The molecule has 0 fully saturated rings. The Hall–Kier alpha value is -0.920. The van der Waals surface area contributed by atoms with Crippen LogP contribution in [0.4, 0.5) is 0 Å². The molecule has 0 bridgehead atoms. The minimum Gasteiger partial charge on any atom is -1.00 e. The van der Waals surface area contributed by atoms with Gasteiger partial charge in [0, 0.05) is 0 Å². The molecule has 2 atom stereocenters. The third-order valence-corrected chi connectivity index (χ3v) is 27.8. The van der Waals surface area contributed by atoms with E-state index in [1.807, 2.05) is 0 Å². The maximum Gasteiger partial charge on any atom is -1.00 e. The van der Waals surface area contributed by atoms with Crippen molar-refractivity contribution in [3.63, 3.8) is 0 Å². The molecule has 0 amide bonds. The molecule has 4 heteroatoms. The predicted molar refractivity (Wildman–Crippen MR) is 111 cm³/mol. The average Bonchev–Trinajstić information content (AvgIpc) is 3.39. The van der Waals surface area contributed by atoms with E-state index in [9.17, 15) is 0 Å². The van der Waals surface area contributed by atoms with Crippen LogP contribution in [0.5, 0.6) is 0 Å². The van der Waals surface area contributed by atoms with Gasteiger partial charge in [0.2, 0.25) is 0 Å². The number of rotatable bonds is 3. The smallest absolute Gasteiger partial charge is 1.00 e. The van der Waals surface area contributed by atoms with E-state index >= 15 is 0 Å². The molecular formula is C24H21Cl2SiZr. The molecule has 139 valence electrons. The molecule has 0 aromatic heterocycles. The molecule has 0 radical (unpaired) electrons. The van der Waals surface area contributed by atoms with Crippen molar-refractivity contribution in [3.8, 4) is 0 Å². The predicted octanol–water partition coefficient (Wildman–Crippen LogP) is -0.0738. The van der Waals surface area contributed by atoms with Crippen molar-refractivity contribution in [1.82, 2.24) is 0 Å². The van der Waals surface area contributed by atoms with Gasteiger partial charge in [-0.05, 0) is 0 Å². The van der Waals surface area contributed by atoms with Crippen LogP contribution in [-0.4, -0.2) is 5.92 Å². The molecule has 4 aliphatic carbocycles. The third kappa shape index (κ3) is 2.72. The van der Waals surface area contributed by atoms with E-state index < -0.39 is 26.8 Å². The van der Waals surface area contributed by atoms with Gasteiger partial charge in [0.25, 0.3) is 0 Å². The second-order valence-electron chi connectivity index (χ2n) is 8.14. The molecule has 0 saturated heterocycles. The fourth-order valence-electron chi connectivity index (χ4n) is 5.45. The SMILES string of the molecule is C[SiH](C)[Zr+2]([CH]1C=C2C=Cc3cccc1c32)[CH]1C=C2C=Cc3cccc1c32.[Cl-].[Cl-]. The summed E-state index contributed by atoms with van der Waals surface area (Å²) in [7, 11) is 0.